The molecular formula is C18H15N7O2. The molecule has 0 unspecified atom stereocenters. The standard InChI is InChI=1S/C18H15N7O2/c1-2-13(20-14(3-1)16-6-9-27-24-16)15-4-7-19-18(21-15)22-17-5-8-25(23-17)12-10-26-11-12/h1-9,12H,10-11H2,(H,19,21,22,23). The Morgan fingerprint density at radius 3 is 2.59 bits per heavy atom. The number of hydrogen-bond donors (Lipinski definition) is 1. The summed E-state index contributed by atoms with van der Waals surface area (Å²) >= 11 is 0. The molecule has 5 heterocycles. The monoisotopic (exact) mass is 361 g/mol. The highest BCUT2D eigenvalue weighted by Gasteiger charge is 2.21. The van der Waals surface area contributed by atoms with Gasteiger partial charge in [-0.05, 0) is 18.2 Å². The molecule has 9 heteroatoms. The van der Waals surface area contributed by atoms with Crippen LogP contribution in [0.4, 0.5) is 11.8 Å². The first-order valence-electron chi connectivity index (χ1n) is 8.46. The van der Waals surface area contributed by atoms with Crippen molar-refractivity contribution in [2.24, 2.45) is 0 Å². The van der Waals surface area contributed by atoms with Gasteiger partial charge in [0, 0.05) is 24.5 Å². The lowest BCUT2D eigenvalue weighted by Gasteiger charge is -2.25. The first-order chi connectivity index (χ1) is 13.3. The molecule has 9 nitrogen and oxygen atoms in total. The molecule has 1 aliphatic heterocycles. The average Bonchev–Trinajstić information content (AvgIpc) is 3.33. The highest BCUT2D eigenvalue weighted by Crippen LogP contribution is 2.22. The van der Waals surface area contributed by atoms with Gasteiger partial charge in [0.25, 0.3) is 0 Å². The van der Waals surface area contributed by atoms with E-state index in [0.717, 1.165) is 11.4 Å². The van der Waals surface area contributed by atoms with Crippen LogP contribution >= 0.6 is 0 Å². The van der Waals surface area contributed by atoms with Crippen molar-refractivity contribution in [3.05, 3.63) is 55.1 Å². The summed E-state index contributed by atoms with van der Waals surface area (Å²) in [7, 11) is 0. The second-order valence-corrected chi connectivity index (χ2v) is 6.06. The van der Waals surface area contributed by atoms with Crippen LogP contribution in [0.5, 0.6) is 0 Å². The zero-order valence-corrected chi connectivity index (χ0v) is 14.2. The zero-order chi connectivity index (χ0) is 18.1. The van der Waals surface area contributed by atoms with Crippen molar-refractivity contribution in [2.75, 3.05) is 18.5 Å². The molecule has 0 amide bonds. The lowest BCUT2D eigenvalue weighted by Crippen LogP contribution is -2.30. The number of pyridine rings is 1. The third-order valence-electron chi connectivity index (χ3n) is 4.21. The Balaban J connectivity index is 1.39. The van der Waals surface area contributed by atoms with Crippen molar-refractivity contribution in [2.45, 2.75) is 6.04 Å². The molecule has 0 saturated carbocycles. The largest absolute Gasteiger partial charge is 0.377 e. The summed E-state index contributed by atoms with van der Waals surface area (Å²) in [5, 5.41) is 11.5. The van der Waals surface area contributed by atoms with E-state index in [1.807, 2.05) is 41.2 Å². The topological polar surface area (TPSA) is 104 Å². The molecule has 134 valence electrons. The van der Waals surface area contributed by atoms with E-state index in [9.17, 15) is 0 Å². The first-order valence-corrected chi connectivity index (χ1v) is 8.46. The van der Waals surface area contributed by atoms with Gasteiger partial charge in [0.05, 0.1) is 36.3 Å². The fraction of sp³-hybridized carbons (Fsp3) is 0.167. The Bertz CT molecular complexity index is 1060. The van der Waals surface area contributed by atoms with Gasteiger partial charge in [-0.15, -0.1) is 0 Å². The van der Waals surface area contributed by atoms with Gasteiger partial charge in [-0.1, -0.05) is 11.2 Å². The molecule has 0 aromatic carbocycles. The summed E-state index contributed by atoms with van der Waals surface area (Å²) in [5.41, 5.74) is 2.81. The lowest BCUT2D eigenvalue weighted by atomic mass is 10.2. The molecule has 1 aliphatic rings. The normalized spacial score (nSPS) is 14.1. The summed E-state index contributed by atoms with van der Waals surface area (Å²) < 4.78 is 12.0. The van der Waals surface area contributed by atoms with E-state index in [-0.39, 0.29) is 0 Å². The van der Waals surface area contributed by atoms with E-state index >= 15 is 0 Å². The van der Waals surface area contributed by atoms with Crippen LogP contribution in [0.1, 0.15) is 6.04 Å². The molecule has 1 fully saturated rings. The maximum Gasteiger partial charge on any atom is 0.228 e. The SMILES string of the molecule is c1cc(-c2ccon2)nc(-c2ccnc(Nc3ccn(C4COC4)n3)n2)c1. The Labute approximate surface area is 154 Å². The van der Waals surface area contributed by atoms with Crippen molar-refractivity contribution < 1.29 is 9.26 Å². The number of aromatic nitrogens is 6. The fourth-order valence-corrected chi connectivity index (χ4v) is 2.72. The predicted octanol–water partition coefficient (Wildman–Crippen LogP) is 2.71. The quantitative estimate of drug-likeness (QED) is 0.579. The number of nitrogens with one attached hydrogen (secondary N) is 1. The fourth-order valence-electron chi connectivity index (χ4n) is 2.72. The summed E-state index contributed by atoms with van der Waals surface area (Å²) in [5.74, 6) is 1.14. The third kappa shape index (κ3) is 3.15. The Morgan fingerprint density at radius 2 is 1.81 bits per heavy atom. The summed E-state index contributed by atoms with van der Waals surface area (Å²) in [6, 6.07) is 11.4. The van der Waals surface area contributed by atoms with Crippen molar-refractivity contribution in [1.82, 2.24) is 29.9 Å². The molecule has 0 bridgehead atoms. The van der Waals surface area contributed by atoms with Crippen molar-refractivity contribution in [3.63, 3.8) is 0 Å². The van der Waals surface area contributed by atoms with Crippen molar-refractivity contribution >= 4 is 11.8 Å². The Hall–Kier alpha value is -3.59. The van der Waals surface area contributed by atoms with E-state index in [2.05, 4.69) is 30.5 Å². The minimum Gasteiger partial charge on any atom is -0.377 e. The van der Waals surface area contributed by atoms with Crippen molar-refractivity contribution in [3.8, 4) is 22.8 Å². The van der Waals surface area contributed by atoms with E-state index in [0.29, 0.717) is 42.4 Å². The van der Waals surface area contributed by atoms with Crippen LogP contribution in [0.25, 0.3) is 22.8 Å². The Kier molecular flexibility index (Phi) is 3.83. The van der Waals surface area contributed by atoms with Gasteiger partial charge in [0.15, 0.2) is 5.82 Å². The van der Waals surface area contributed by atoms with Gasteiger partial charge < -0.3 is 14.6 Å². The number of nitrogens with zero attached hydrogens (tertiary/aromatic N) is 6. The van der Waals surface area contributed by atoms with Gasteiger partial charge in [-0.2, -0.15) is 5.10 Å². The smallest absolute Gasteiger partial charge is 0.228 e. The minimum absolute atomic E-state index is 0.302. The maximum atomic E-state index is 5.19. The molecule has 1 saturated heterocycles. The minimum atomic E-state index is 0.302. The van der Waals surface area contributed by atoms with Gasteiger partial charge in [0.1, 0.15) is 12.0 Å². The average molecular weight is 361 g/mol. The van der Waals surface area contributed by atoms with Crippen molar-refractivity contribution in [1.29, 1.82) is 0 Å². The summed E-state index contributed by atoms with van der Waals surface area (Å²) in [6.45, 7) is 1.39. The molecule has 5 rings (SSSR count). The van der Waals surface area contributed by atoms with Gasteiger partial charge >= 0.3 is 0 Å². The number of rotatable bonds is 5. The highest BCUT2D eigenvalue weighted by atomic mass is 16.5. The van der Waals surface area contributed by atoms with Gasteiger partial charge in [0.2, 0.25) is 5.95 Å². The molecule has 4 aromatic heterocycles. The van der Waals surface area contributed by atoms with Gasteiger partial charge in [-0.25, -0.2) is 15.0 Å². The number of hydrogen-bond acceptors (Lipinski definition) is 8. The van der Waals surface area contributed by atoms with Crippen LogP contribution in [-0.2, 0) is 4.74 Å². The lowest BCUT2D eigenvalue weighted by molar-refractivity contribution is -0.0285. The third-order valence-corrected chi connectivity index (χ3v) is 4.21. The molecule has 0 radical (unpaired) electrons. The highest BCUT2D eigenvalue weighted by molar-refractivity contribution is 5.62. The molecule has 0 spiro atoms. The molecule has 4 aromatic rings. The second kappa shape index (κ2) is 6.61. The maximum absolute atomic E-state index is 5.19. The van der Waals surface area contributed by atoms with E-state index in [1.165, 1.54) is 6.26 Å². The molecule has 27 heavy (non-hydrogen) atoms. The van der Waals surface area contributed by atoms with E-state index in [1.54, 1.807) is 12.3 Å². The van der Waals surface area contributed by atoms with Crippen LogP contribution in [0, 0.1) is 0 Å². The summed E-state index contributed by atoms with van der Waals surface area (Å²) in [4.78, 5) is 13.4. The Morgan fingerprint density at radius 1 is 0.963 bits per heavy atom. The summed E-state index contributed by atoms with van der Waals surface area (Å²) in [6.07, 6.45) is 5.12. The van der Waals surface area contributed by atoms with E-state index < -0.39 is 0 Å². The first kappa shape index (κ1) is 15.6. The van der Waals surface area contributed by atoms with Crippen LogP contribution < -0.4 is 5.32 Å². The van der Waals surface area contributed by atoms with Crippen LogP contribution in [0.2, 0.25) is 0 Å². The molecule has 0 aliphatic carbocycles. The predicted molar refractivity (Wildman–Crippen MR) is 96.1 cm³/mol. The number of anilines is 2. The molecular weight excluding hydrogens is 346 g/mol. The molecule has 0 atom stereocenters. The van der Waals surface area contributed by atoms with Crippen LogP contribution in [0.3, 0.4) is 0 Å². The second-order valence-electron chi connectivity index (χ2n) is 6.06. The zero-order valence-electron chi connectivity index (χ0n) is 14.2. The van der Waals surface area contributed by atoms with E-state index in [4.69, 9.17) is 9.26 Å². The number of ether oxygens (including phenoxy) is 1. The van der Waals surface area contributed by atoms with Crippen LogP contribution in [-0.4, -0.2) is 43.1 Å². The van der Waals surface area contributed by atoms with Gasteiger partial charge in [-0.3, -0.25) is 4.68 Å². The van der Waals surface area contributed by atoms with Crippen LogP contribution in [0.15, 0.2) is 59.6 Å². The molecule has 1 N–H and O–H groups in total.